The summed E-state index contributed by atoms with van der Waals surface area (Å²) in [5, 5.41) is 0. The second-order valence-electron chi connectivity index (χ2n) is 7.92. The fourth-order valence-electron chi connectivity index (χ4n) is 3.84. The van der Waals surface area contributed by atoms with Crippen molar-refractivity contribution < 1.29 is 30.7 Å². The summed E-state index contributed by atoms with van der Waals surface area (Å²) in [6, 6.07) is 19.1. The molecule has 1 aliphatic rings. The van der Waals surface area contributed by atoms with E-state index in [4.69, 9.17) is 4.74 Å². The normalized spacial score (nSPS) is 16.6. The first-order valence-corrected chi connectivity index (χ1v) is 13.4. The van der Waals surface area contributed by atoms with Gasteiger partial charge in [0.25, 0.3) is 0 Å². The van der Waals surface area contributed by atoms with Gasteiger partial charge in [-0.1, -0.05) is 0 Å². The Morgan fingerprint density at radius 1 is 1.07 bits per heavy atom. The van der Waals surface area contributed by atoms with E-state index in [0.717, 1.165) is 25.9 Å². The zero-order valence-corrected chi connectivity index (χ0v) is 19.8. The van der Waals surface area contributed by atoms with Crippen LogP contribution in [0, 0.1) is 3.57 Å². The van der Waals surface area contributed by atoms with Crippen molar-refractivity contribution in [3.8, 4) is 0 Å². The van der Waals surface area contributed by atoms with Crippen LogP contribution in [0.1, 0.15) is 60.9 Å². The molecule has 0 amide bonds. The molecule has 29 heavy (non-hydrogen) atoms. The number of hydrogen-bond acceptors (Lipinski definition) is 3. The molecule has 1 heterocycles. The molecule has 1 aliphatic heterocycles. The van der Waals surface area contributed by atoms with Gasteiger partial charge in [-0.25, -0.2) is 0 Å². The number of rotatable bonds is 9. The van der Waals surface area contributed by atoms with E-state index >= 15 is 0 Å². The molecule has 1 unspecified atom stereocenters. The van der Waals surface area contributed by atoms with Gasteiger partial charge >= 0.3 is 187 Å². The quantitative estimate of drug-likeness (QED) is 0.297. The zero-order chi connectivity index (χ0) is 20.5. The van der Waals surface area contributed by atoms with Crippen LogP contribution in [0.4, 0.5) is 0 Å². The summed E-state index contributed by atoms with van der Waals surface area (Å²) in [5.41, 5.74) is 2.16. The van der Waals surface area contributed by atoms with Crippen LogP contribution in [-0.2, 0) is 4.74 Å². The summed E-state index contributed by atoms with van der Waals surface area (Å²) in [4.78, 5) is 14.7. The maximum atomic E-state index is 12.4. The topological polar surface area (TPSA) is 29.5 Å². The Labute approximate surface area is 186 Å². The molecule has 4 heteroatoms. The van der Waals surface area contributed by atoms with E-state index in [1.54, 1.807) is 0 Å². The molecule has 3 rings (SSSR count). The summed E-state index contributed by atoms with van der Waals surface area (Å²) < 4.78 is 8.38. The molecule has 0 aromatic heterocycles. The number of likely N-dealkylation sites (tertiary alicyclic amines) is 1. The van der Waals surface area contributed by atoms with Crippen LogP contribution in [0.25, 0.3) is 0 Å². The molecule has 1 fully saturated rings. The number of benzene rings is 2. The Hall–Kier alpha value is -1.40. The summed E-state index contributed by atoms with van der Waals surface area (Å²) in [5.74, 6) is 0.501. The van der Waals surface area contributed by atoms with Crippen molar-refractivity contribution in [1.82, 2.24) is 4.90 Å². The second kappa shape index (κ2) is 11.7. The van der Waals surface area contributed by atoms with Gasteiger partial charge < -0.3 is 0 Å². The number of nitrogens with zero attached hydrogens (tertiary/aromatic N) is 1. The Kier molecular flexibility index (Phi) is 8.99. The van der Waals surface area contributed by atoms with Crippen LogP contribution in [0.3, 0.4) is 0 Å². The first-order chi connectivity index (χ1) is 14.2. The van der Waals surface area contributed by atoms with Crippen LogP contribution in [0.5, 0.6) is 0 Å². The molecule has 0 saturated carbocycles. The minimum absolute atomic E-state index is 0.0229. The van der Waals surface area contributed by atoms with Crippen molar-refractivity contribution >= 4 is 5.97 Å². The number of esters is 1. The van der Waals surface area contributed by atoms with Crippen molar-refractivity contribution in [1.29, 1.82) is 0 Å². The van der Waals surface area contributed by atoms with Gasteiger partial charge in [0.2, 0.25) is 0 Å². The van der Waals surface area contributed by atoms with Gasteiger partial charge in [0.15, 0.2) is 0 Å². The monoisotopic (exact) mass is 506 g/mol. The molecular formula is C25H33INO2-. The van der Waals surface area contributed by atoms with E-state index < -0.39 is 0 Å². The molecule has 2 aromatic carbocycles. The number of piperidine rings is 1. The van der Waals surface area contributed by atoms with E-state index in [1.807, 2.05) is 12.1 Å². The van der Waals surface area contributed by atoms with Crippen molar-refractivity contribution in [3.05, 3.63) is 69.3 Å². The van der Waals surface area contributed by atoms with E-state index in [0.29, 0.717) is 11.5 Å². The summed E-state index contributed by atoms with van der Waals surface area (Å²) in [7, 11) is 2.12. The Morgan fingerprint density at radius 2 is 1.76 bits per heavy atom. The first kappa shape index (κ1) is 22.3. The van der Waals surface area contributed by atoms with E-state index in [1.165, 1.54) is 32.8 Å². The molecule has 3 nitrogen and oxygen atoms in total. The van der Waals surface area contributed by atoms with E-state index in [9.17, 15) is 4.79 Å². The van der Waals surface area contributed by atoms with Gasteiger partial charge in [0, 0.05) is 0 Å². The number of alkyl halides is 1. The van der Waals surface area contributed by atoms with Gasteiger partial charge in [0.1, 0.15) is 0 Å². The third kappa shape index (κ3) is 7.10. The predicted octanol–water partition coefficient (Wildman–Crippen LogP) is 2.17. The number of carbonyl (C=O) groups excluding carboxylic acids is 1. The Morgan fingerprint density at radius 3 is 2.41 bits per heavy atom. The van der Waals surface area contributed by atoms with Crippen molar-refractivity contribution in [2.45, 2.75) is 51.0 Å². The molecule has 0 bridgehead atoms. The minimum atomic E-state index is -0.170. The summed E-state index contributed by atoms with van der Waals surface area (Å²) in [6.45, 7) is 4.28. The Balaban J connectivity index is 1.46. The first-order valence-electron chi connectivity index (χ1n) is 10.8. The zero-order valence-electron chi connectivity index (χ0n) is 17.6. The SMILES string of the molecule is CCCC(CC[I-]c1ccc(C(=O)OC2CCN(C)CC2)cc1)c1ccccc1. The second-order valence-corrected chi connectivity index (χ2v) is 11.0. The molecule has 1 atom stereocenters. The van der Waals surface area contributed by atoms with Gasteiger partial charge in [-0.3, -0.25) is 0 Å². The Bertz CT molecular complexity index is 739. The van der Waals surface area contributed by atoms with Crippen LogP contribution >= 0.6 is 0 Å². The third-order valence-electron chi connectivity index (χ3n) is 5.63. The van der Waals surface area contributed by atoms with Crippen molar-refractivity contribution in [3.63, 3.8) is 0 Å². The predicted molar refractivity (Wildman–Crippen MR) is 115 cm³/mol. The standard InChI is InChI=1S/C25H33INO2/c1-3-7-20(21-8-5-4-6-9-21)14-17-26-23-12-10-22(11-13-23)25(28)29-24-15-18-27(2)19-16-24/h4-6,8-13,20,24H,3,7,14-19H2,1-2H3/q-1. The maximum absolute atomic E-state index is 12.4. The van der Waals surface area contributed by atoms with Crippen LogP contribution in [0.2, 0.25) is 0 Å². The fourth-order valence-corrected chi connectivity index (χ4v) is 6.40. The molecule has 1 saturated heterocycles. The number of hydrogen-bond donors (Lipinski definition) is 0. The van der Waals surface area contributed by atoms with Crippen LogP contribution < -0.4 is 21.2 Å². The van der Waals surface area contributed by atoms with Crippen LogP contribution in [0.15, 0.2) is 54.6 Å². The average molecular weight is 506 g/mol. The molecule has 0 N–H and O–H groups in total. The van der Waals surface area contributed by atoms with Crippen LogP contribution in [-0.4, -0.2) is 41.5 Å². The molecule has 0 aliphatic carbocycles. The van der Waals surface area contributed by atoms with Crippen molar-refractivity contribution in [2.24, 2.45) is 0 Å². The molecule has 2 aromatic rings. The van der Waals surface area contributed by atoms with Gasteiger partial charge in [-0.2, -0.15) is 0 Å². The fraction of sp³-hybridized carbons (Fsp3) is 0.480. The van der Waals surface area contributed by atoms with Crippen molar-refractivity contribution in [2.75, 3.05) is 24.6 Å². The summed E-state index contributed by atoms with van der Waals surface area (Å²) >= 11 is -0.0229. The van der Waals surface area contributed by atoms with Gasteiger partial charge in [-0.05, 0) is 0 Å². The number of ether oxygens (including phenoxy) is 1. The van der Waals surface area contributed by atoms with E-state index in [2.05, 4.69) is 61.3 Å². The molecule has 158 valence electrons. The van der Waals surface area contributed by atoms with Gasteiger partial charge in [0.05, 0.1) is 0 Å². The third-order valence-corrected chi connectivity index (χ3v) is 8.40. The number of halogens is 1. The molecule has 0 spiro atoms. The van der Waals surface area contributed by atoms with E-state index in [-0.39, 0.29) is 33.3 Å². The molecule has 0 radical (unpaired) electrons. The number of carbonyl (C=O) groups is 1. The van der Waals surface area contributed by atoms with Gasteiger partial charge in [-0.15, -0.1) is 0 Å². The molecular weight excluding hydrogens is 473 g/mol. The summed E-state index contributed by atoms with van der Waals surface area (Å²) in [6.07, 6.45) is 5.68. The average Bonchev–Trinajstić information content (AvgIpc) is 2.76.